The minimum absolute atomic E-state index is 0.172. The van der Waals surface area contributed by atoms with Crippen LogP contribution in [0.15, 0.2) is 82.0 Å². The second-order valence-electron chi connectivity index (χ2n) is 6.59. The van der Waals surface area contributed by atoms with E-state index in [0.29, 0.717) is 11.3 Å². The Hall–Kier alpha value is -4.20. The molecule has 7 nitrogen and oxygen atoms in total. The Balaban J connectivity index is 1.45. The molecule has 4 rings (SSSR count). The predicted octanol–water partition coefficient (Wildman–Crippen LogP) is 3.79. The Morgan fingerprint density at radius 1 is 0.935 bits per heavy atom. The van der Waals surface area contributed by atoms with Crippen LogP contribution in [-0.4, -0.2) is 23.3 Å². The van der Waals surface area contributed by atoms with Crippen LogP contribution in [0.5, 0.6) is 0 Å². The van der Waals surface area contributed by atoms with Crippen LogP contribution in [0.1, 0.15) is 16.1 Å². The quantitative estimate of drug-likeness (QED) is 0.475. The SMILES string of the molecule is O=C(CNC(=O)c1ccccc1-c1ncc(-c2ccccc2F)o1)NCc1ccco1. The molecule has 2 aromatic carbocycles. The maximum Gasteiger partial charge on any atom is 0.252 e. The van der Waals surface area contributed by atoms with Gasteiger partial charge in [0.2, 0.25) is 11.8 Å². The Kier molecular flexibility index (Phi) is 5.89. The van der Waals surface area contributed by atoms with Crippen molar-refractivity contribution >= 4 is 11.8 Å². The van der Waals surface area contributed by atoms with Gasteiger partial charge in [0.1, 0.15) is 11.6 Å². The zero-order valence-electron chi connectivity index (χ0n) is 16.3. The third kappa shape index (κ3) is 4.69. The number of rotatable bonds is 7. The summed E-state index contributed by atoms with van der Waals surface area (Å²) in [6.45, 7) is 0.0212. The van der Waals surface area contributed by atoms with Gasteiger partial charge in [0.05, 0.1) is 36.7 Å². The lowest BCUT2D eigenvalue weighted by Crippen LogP contribution is -2.36. The second kappa shape index (κ2) is 9.08. The van der Waals surface area contributed by atoms with Crippen molar-refractivity contribution in [2.24, 2.45) is 0 Å². The number of hydrogen-bond donors (Lipinski definition) is 2. The van der Waals surface area contributed by atoms with Gasteiger partial charge in [0.15, 0.2) is 5.76 Å². The van der Waals surface area contributed by atoms with E-state index in [9.17, 15) is 14.0 Å². The number of carbonyl (C=O) groups excluding carboxylic acids is 2. The maximum atomic E-state index is 14.0. The van der Waals surface area contributed by atoms with Gasteiger partial charge in [0.25, 0.3) is 5.91 Å². The van der Waals surface area contributed by atoms with Crippen LogP contribution in [0, 0.1) is 5.82 Å². The van der Waals surface area contributed by atoms with Gasteiger partial charge in [-0.1, -0.05) is 24.3 Å². The topological polar surface area (TPSA) is 97.4 Å². The minimum Gasteiger partial charge on any atom is -0.467 e. The van der Waals surface area contributed by atoms with Gasteiger partial charge in [-0.2, -0.15) is 0 Å². The summed E-state index contributed by atoms with van der Waals surface area (Å²) in [5, 5.41) is 5.23. The Morgan fingerprint density at radius 2 is 1.71 bits per heavy atom. The average molecular weight is 419 g/mol. The van der Waals surface area contributed by atoms with Gasteiger partial charge in [-0.15, -0.1) is 0 Å². The van der Waals surface area contributed by atoms with Crippen LogP contribution in [0.25, 0.3) is 22.8 Å². The Labute approximate surface area is 176 Å². The molecule has 0 saturated heterocycles. The molecule has 8 heteroatoms. The molecule has 2 aromatic heterocycles. The molecule has 0 saturated carbocycles. The van der Waals surface area contributed by atoms with Crippen LogP contribution in [0.4, 0.5) is 4.39 Å². The molecule has 0 bridgehead atoms. The van der Waals surface area contributed by atoms with E-state index >= 15 is 0 Å². The van der Waals surface area contributed by atoms with Crippen molar-refractivity contribution in [2.45, 2.75) is 6.54 Å². The van der Waals surface area contributed by atoms with Crippen molar-refractivity contribution in [3.8, 4) is 22.8 Å². The van der Waals surface area contributed by atoms with Crippen molar-refractivity contribution in [1.82, 2.24) is 15.6 Å². The molecular weight excluding hydrogens is 401 g/mol. The summed E-state index contributed by atoms with van der Waals surface area (Å²) in [6.07, 6.45) is 2.92. The van der Waals surface area contributed by atoms with Crippen molar-refractivity contribution in [2.75, 3.05) is 6.54 Å². The molecule has 156 valence electrons. The summed E-state index contributed by atoms with van der Waals surface area (Å²) >= 11 is 0. The lowest BCUT2D eigenvalue weighted by Gasteiger charge is -2.08. The average Bonchev–Trinajstić information content (AvgIpc) is 3.49. The molecule has 0 atom stereocenters. The molecule has 0 aliphatic heterocycles. The predicted molar refractivity (Wildman–Crippen MR) is 110 cm³/mol. The number of furan rings is 1. The van der Waals surface area contributed by atoms with Gasteiger partial charge in [-0.25, -0.2) is 9.37 Å². The highest BCUT2D eigenvalue weighted by Gasteiger charge is 2.18. The van der Waals surface area contributed by atoms with Gasteiger partial charge in [-0.05, 0) is 36.4 Å². The lowest BCUT2D eigenvalue weighted by molar-refractivity contribution is -0.120. The van der Waals surface area contributed by atoms with Crippen LogP contribution >= 0.6 is 0 Å². The smallest absolute Gasteiger partial charge is 0.252 e. The van der Waals surface area contributed by atoms with Crippen LogP contribution in [0.3, 0.4) is 0 Å². The lowest BCUT2D eigenvalue weighted by atomic mass is 10.1. The highest BCUT2D eigenvalue weighted by atomic mass is 19.1. The molecule has 0 unspecified atom stereocenters. The highest BCUT2D eigenvalue weighted by Crippen LogP contribution is 2.29. The van der Waals surface area contributed by atoms with E-state index in [-0.39, 0.29) is 41.8 Å². The normalized spacial score (nSPS) is 10.6. The standard InChI is InChI=1S/C23H18FN3O4/c24-19-10-4-3-9-18(19)20-13-27-23(31-20)17-8-2-1-7-16(17)22(29)26-14-21(28)25-12-15-6-5-11-30-15/h1-11,13H,12,14H2,(H,25,28)(H,26,29). The molecular formula is C23H18FN3O4. The molecule has 0 aliphatic rings. The van der Waals surface area contributed by atoms with E-state index < -0.39 is 11.7 Å². The summed E-state index contributed by atoms with van der Waals surface area (Å²) in [4.78, 5) is 28.9. The summed E-state index contributed by atoms with van der Waals surface area (Å²) in [5.41, 5.74) is 0.985. The molecule has 31 heavy (non-hydrogen) atoms. The second-order valence-corrected chi connectivity index (χ2v) is 6.59. The molecule has 2 amide bonds. The molecule has 2 heterocycles. The van der Waals surface area contributed by atoms with Gasteiger partial charge in [-0.3, -0.25) is 9.59 Å². The number of nitrogens with one attached hydrogen (secondary N) is 2. The molecule has 2 N–H and O–H groups in total. The van der Waals surface area contributed by atoms with E-state index in [1.807, 2.05) is 0 Å². The first-order valence-electron chi connectivity index (χ1n) is 9.49. The fourth-order valence-electron chi connectivity index (χ4n) is 2.97. The first-order chi connectivity index (χ1) is 15.1. The highest BCUT2D eigenvalue weighted by molar-refractivity contribution is 6.01. The largest absolute Gasteiger partial charge is 0.467 e. The summed E-state index contributed by atoms with van der Waals surface area (Å²) in [5.74, 6) is -0.224. The van der Waals surface area contributed by atoms with Gasteiger partial charge < -0.3 is 19.5 Å². The van der Waals surface area contributed by atoms with Crippen molar-refractivity contribution in [3.63, 3.8) is 0 Å². The number of nitrogens with zero attached hydrogens (tertiary/aromatic N) is 1. The molecule has 0 spiro atoms. The van der Waals surface area contributed by atoms with E-state index in [2.05, 4.69) is 15.6 Å². The van der Waals surface area contributed by atoms with E-state index in [4.69, 9.17) is 8.83 Å². The monoisotopic (exact) mass is 419 g/mol. The van der Waals surface area contributed by atoms with E-state index in [1.54, 1.807) is 54.6 Å². The zero-order valence-corrected chi connectivity index (χ0v) is 16.3. The van der Waals surface area contributed by atoms with E-state index in [1.165, 1.54) is 18.5 Å². The van der Waals surface area contributed by atoms with Crippen molar-refractivity contribution < 1.29 is 22.8 Å². The zero-order chi connectivity index (χ0) is 21.6. The first kappa shape index (κ1) is 20.1. The number of carbonyl (C=O) groups is 2. The molecule has 4 aromatic rings. The summed E-state index contributed by atoms with van der Waals surface area (Å²) < 4.78 is 24.9. The number of oxazole rings is 1. The molecule has 0 aliphatic carbocycles. The number of hydrogen-bond acceptors (Lipinski definition) is 5. The van der Waals surface area contributed by atoms with Gasteiger partial charge >= 0.3 is 0 Å². The molecule has 0 fully saturated rings. The fraction of sp³-hybridized carbons (Fsp3) is 0.0870. The van der Waals surface area contributed by atoms with Crippen molar-refractivity contribution in [1.29, 1.82) is 0 Å². The van der Waals surface area contributed by atoms with Crippen LogP contribution in [0.2, 0.25) is 0 Å². The third-order valence-corrected chi connectivity index (χ3v) is 4.50. The minimum atomic E-state index is -0.464. The number of halogens is 1. The number of aromatic nitrogens is 1. The Bertz CT molecular complexity index is 1200. The van der Waals surface area contributed by atoms with Crippen LogP contribution < -0.4 is 10.6 Å². The van der Waals surface area contributed by atoms with E-state index in [0.717, 1.165) is 0 Å². The van der Waals surface area contributed by atoms with Gasteiger partial charge in [0, 0.05) is 5.56 Å². The third-order valence-electron chi connectivity index (χ3n) is 4.50. The number of benzene rings is 2. The summed E-state index contributed by atoms with van der Waals surface area (Å²) in [7, 11) is 0. The van der Waals surface area contributed by atoms with Crippen molar-refractivity contribution in [3.05, 3.63) is 90.3 Å². The van der Waals surface area contributed by atoms with Crippen LogP contribution in [-0.2, 0) is 11.3 Å². The molecule has 0 radical (unpaired) electrons. The first-order valence-corrected chi connectivity index (χ1v) is 9.49. The fourth-order valence-corrected chi connectivity index (χ4v) is 2.97. The Morgan fingerprint density at radius 3 is 2.48 bits per heavy atom. The number of amides is 2. The maximum absolute atomic E-state index is 14.0. The summed E-state index contributed by atoms with van der Waals surface area (Å²) in [6, 6.07) is 16.3.